The molecule has 5 rings (SSSR count). The number of likely N-dealkylation sites (N-methyl/N-ethyl adjacent to an activating group) is 1. The number of fused-ring (bicyclic) bond motifs is 1. The molecule has 1 aliphatic carbocycles. The third kappa shape index (κ3) is 6.34. The van der Waals surface area contributed by atoms with Crippen LogP contribution < -0.4 is 15.4 Å². The molecule has 2 aromatic carbocycles. The lowest BCUT2D eigenvalue weighted by molar-refractivity contribution is -0.122. The number of methoxy groups -OCH3 is 1. The fourth-order valence-corrected chi connectivity index (χ4v) is 5.09. The first-order valence-electron chi connectivity index (χ1n) is 13.2. The van der Waals surface area contributed by atoms with E-state index in [0.29, 0.717) is 41.6 Å². The number of aromatic nitrogens is 4. The van der Waals surface area contributed by atoms with Gasteiger partial charge in [-0.05, 0) is 69.6 Å². The average molecular weight is 532 g/mol. The fourth-order valence-electron chi connectivity index (χ4n) is 5.09. The molecule has 9 nitrogen and oxygen atoms in total. The first-order valence-corrected chi connectivity index (χ1v) is 13.2. The molecule has 0 spiro atoms. The standard InChI is InChI=1S/C29H34FN7O2/c1-36(2)18-27(38)32-20-10-12-21(13-11-20)37-28-25(34-29(37)33-24-7-5-4-6-23(24)30)17-31-26(35-28)16-19-8-14-22(39-3)15-9-19/h4-9,14-15,17,20-21H,10-13,16,18H2,1-3H3,(H,32,38)(H,33,34). The fraction of sp³-hybridized carbons (Fsp3) is 0.379. The normalized spacial score (nSPS) is 17.4. The van der Waals surface area contributed by atoms with Crippen molar-refractivity contribution in [2.45, 2.75) is 44.2 Å². The Bertz CT molecular complexity index is 1430. The Balaban J connectivity index is 1.43. The van der Waals surface area contributed by atoms with Crippen molar-refractivity contribution in [3.63, 3.8) is 0 Å². The minimum atomic E-state index is -0.352. The van der Waals surface area contributed by atoms with Gasteiger partial charge >= 0.3 is 0 Å². The summed E-state index contributed by atoms with van der Waals surface area (Å²) in [5.74, 6) is 1.69. The Morgan fingerprint density at radius 2 is 1.82 bits per heavy atom. The third-order valence-electron chi connectivity index (χ3n) is 7.01. The van der Waals surface area contributed by atoms with E-state index in [0.717, 1.165) is 37.0 Å². The van der Waals surface area contributed by atoms with Crippen LogP contribution in [0, 0.1) is 5.82 Å². The van der Waals surface area contributed by atoms with E-state index in [9.17, 15) is 9.18 Å². The van der Waals surface area contributed by atoms with Crippen LogP contribution in [0.5, 0.6) is 5.75 Å². The molecule has 0 unspecified atom stereocenters. The van der Waals surface area contributed by atoms with Crippen molar-refractivity contribution in [3.05, 3.63) is 71.9 Å². The minimum Gasteiger partial charge on any atom is -0.497 e. The van der Waals surface area contributed by atoms with Gasteiger partial charge in [-0.3, -0.25) is 9.36 Å². The molecule has 1 amide bonds. The summed E-state index contributed by atoms with van der Waals surface area (Å²) < 4.78 is 21.9. The zero-order valence-corrected chi connectivity index (χ0v) is 22.5. The number of nitrogens with one attached hydrogen (secondary N) is 2. The van der Waals surface area contributed by atoms with Crippen molar-refractivity contribution in [1.29, 1.82) is 0 Å². The maximum atomic E-state index is 14.5. The molecule has 0 aliphatic heterocycles. The number of hydrogen-bond donors (Lipinski definition) is 2. The van der Waals surface area contributed by atoms with E-state index in [-0.39, 0.29) is 23.8 Å². The monoisotopic (exact) mass is 531 g/mol. The van der Waals surface area contributed by atoms with Crippen LogP contribution in [0.15, 0.2) is 54.7 Å². The van der Waals surface area contributed by atoms with Gasteiger partial charge in [-0.25, -0.2) is 19.3 Å². The molecule has 2 N–H and O–H groups in total. The van der Waals surface area contributed by atoms with Crippen molar-refractivity contribution in [2.75, 3.05) is 33.1 Å². The number of imidazole rings is 1. The van der Waals surface area contributed by atoms with Crippen LogP contribution in [-0.2, 0) is 11.2 Å². The molecule has 10 heteroatoms. The molecule has 0 atom stereocenters. The maximum Gasteiger partial charge on any atom is 0.234 e. The van der Waals surface area contributed by atoms with Crippen LogP contribution >= 0.6 is 0 Å². The summed E-state index contributed by atoms with van der Waals surface area (Å²) in [6, 6.07) is 14.6. The quantitative estimate of drug-likeness (QED) is 0.329. The van der Waals surface area contributed by atoms with Gasteiger partial charge in [0.15, 0.2) is 5.65 Å². The molecule has 0 saturated heterocycles. The van der Waals surface area contributed by atoms with E-state index in [1.54, 1.807) is 31.5 Å². The molecule has 2 aromatic heterocycles. The van der Waals surface area contributed by atoms with Crippen LogP contribution in [0.4, 0.5) is 16.0 Å². The molecule has 1 aliphatic rings. The molecule has 2 heterocycles. The first kappa shape index (κ1) is 26.6. The van der Waals surface area contributed by atoms with Gasteiger partial charge in [0.1, 0.15) is 22.9 Å². The Hall–Kier alpha value is -4.05. The lowest BCUT2D eigenvalue weighted by atomic mass is 9.91. The Kier molecular flexibility index (Phi) is 8.02. The molecule has 0 bridgehead atoms. The van der Waals surface area contributed by atoms with Gasteiger partial charge < -0.3 is 20.3 Å². The summed E-state index contributed by atoms with van der Waals surface area (Å²) in [5, 5.41) is 6.35. The van der Waals surface area contributed by atoms with E-state index >= 15 is 0 Å². The average Bonchev–Trinajstić information content (AvgIpc) is 3.27. The summed E-state index contributed by atoms with van der Waals surface area (Å²) in [5.41, 5.74) is 2.78. The second-order valence-corrected chi connectivity index (χ2v) is 10.2. The number of para-hydroxylation sites is 1. The highest BCUT2D eigenvalue weighted by Gasteiger charge is 2.28. The Labute approximate surface area is 227 Å². The molecule has 1 saturated carbocycles. The van der Waals surface area contributed by atoms with Crippen molar-refractivity contribution in [3.8, 4) is 5.75 Å². The molecule has 39 heavy (non-hydrogen) atoms. The zero-order chi connectivity index (χ0) is 27.4. The molecule has 4 aromatic rings. The first-order chi connectivity index (χ1) is 18.9. The van der Waals surface area contributed by atoms with Gasteiger partial charge in [0.2, 0.25) is 11.9 Å². The molecule has 204 valence electrons. The smallest absolute Gasteiger partial charge is 0.234 e. The Morgan fingerprint density at radius 3 is 2.51 bits per heavy atom. The molecular formula is C29H34FN7O2. The summed E-state index contributed by atoms with van der Waals surface area (Å²) in [6.07, 6.45) is 5.65. The molecular weight excluding hydrogens is 497 g/mol. The van der Waals surface area contributed by atoms with Crippen LogP contribution in [0.3, 0.4) is 0 Å². The number of ether oxygens (including phenoxy) is 1. The van der Waals surface area contributed by atoms with Gasteiger partial charge in [-0.2, -0.15) is 0 Å². The van der Waals surface area contributed by atoms with E-state index in [1.807, 2.05) is 43.3 Å². The maximum absolute atomic E-state index is 14.5. The summed E-state index contributed by atoms with van der Waals surface area (Å²) in [4.78, 5) is 28.4. The van der Waals surface area contributed by atoms with E-state index < -0.39 is 0 Å². The highest BCUT2D eigenvalue weighted by Crippen LogP contribution is 2.35. The number of rotatable bonds is 9. The highest BCUT2D eigenvalue weighted by molar-refractivity contribution is 5.78. The van der Waals surface area contributed by atoms with Gasteiger partial charge in [0.05, 0.1) is 25.5 Å². The lowest BCUT2D eigenvalue weighted by Crippen LogP contribution is -2.42. The number of anilines is 2. The van der Waals surface area contributed by atoms with Gasteiger partial charge in [0, 0.05) is 18.5 Å². The van der Waals surface area contributed by atoms with Crippen molar-refractivity contribution >= 4 is 28.7 Å². The van der Waals surface area contributed by atoms with E-state index in [1.165, 1.54) is 6.07 Å². The van der Waals surface area contributed by atoms with Crippen LogP contribution in [-0.4, -0.2) is 64.1 Å². The zero-order valence-electron chi connectivity index (χ0n) is 22.5. The summed E-state index contributed by atoms with van der Waals surface area (Å²) >= 11 is 0. The predicted molar refractivity (Wildman–Crippen MR) is 149 cm³/mol. The van der Waals surface area contributed by atoms with Crippen LogP contribution in [0.1, 0.15) is 43.1 Å². The van der Waals surface area contributed by atoms with Gasteiger partial charge in [-0.15, -0.1) is 0 Å². The highest BCUT2D eigenvalue weighted by atomic mass is 19.1. The van der Waals surface area contributed by atoms with Crippen molar-refractivity contribution < 1.29 is 13.9 Å². The van der Waals surface area contributed by atoms with Crippen molar-refractivity contribution in [1.82, 2.24) is 29.7 Å². The number of carbonyl (C=O) groups is 1. The predicted octanol–water partition coefficient (Wildman–Crippen LogP) is 4.47. The van der Waals surface area contributed by atoms with E-state index in [2.05, 4.69) is 20.2 Å². The Morgan fingerprint density at radius 1 is 1.08 bits per heavy atom. The molecule has 0 radical (unpaired) electrons. The lowest BCUT2D eigenvalue weighted by Gasteiger charge is -2.31. The second-order valence-electron chi connectivity index (χ2n) is 10.2. The third-order valence-corrected chi connectivity index (χ3v) is 7.01. The van der Waals surface area contributed by atoms with Crippen molar-refractivity contribution in [2.24, 2.45) is 0 Å². The number of benzene rings is 2. The number of carbonyl (C=O) groups excluding carboxylic acids is 1. The number of nitrogens with zero attached hydrogens (tertiary/aromatic N) is 5. The SMILES string of the molecule is COc1ccc(Cc2ncc3nc(Nc4ccccc4F)n(C4CCC(NC(=O)CN(C)C)CC4)c3n2)cc1. The summed E-state index contributed by atoms with van der Waals surface area (Å²) in [7, 11) is 5.41. The number of hydrogen-bond acceptors (Lipinski definition) is 7. The minimum absolute atomic E-state index is 0.0364. The van der Waals surface area contributed by atoms with Crippen LogP contribution in [0.2, 0.25) is 0 Å². The summed E-state index contributed by atoms with van der Waals surface area (Å²) in [6.45, 7) is 0.372. The number of amides is 1. The molecule has 1 fully saturated rings. The van der Waals surface area contributed by atoms with Gasteiger partial charge in [-0.1, -0.05) is 24.3 Å². The van der Waals surface area contributed by atoms with Crippen LogP contribution in [0.25, 0.3) is 11.2 Å². The van der Waals surface area contributed by atoms with E-state index in [4.69, 9.17) is 14.7 Å². The van der Waals surface area contributed by atoms with Gasteiger partial charge in [0.25, 0.3) is 0 Å². The largest absolute Gasteiger partial charge is 0.497 e. The number of halogens is 1. The topological polar surface area (TPSA) is 97.2 Å². The second kappa shape index (κ2) is 11.8.